The lowest BCUT2D eigenvalue weighted by Gasteiger charge is -2.21. The zero-order chi connectivity index (χ0) is 19.0. The summed E-state index contributed by atoms with van der Waals surface area (Å²) in [5.74, 6) is -3.29. The van der Waals surface area contributed by atoms with Gasteiger partial charge in [-0.3, -0.25) is 4.79 Å². The van der Waals surface area contributed by atoms with E-state index in [1.165, 1.54) is 0 Å². The van der Waals surface area contributed by atoms with Crippen LogP contribution in [0, 0.1) is 6.92 Å². The number of carboxylic acid groups (broad SMARTS) is 2. The van der Waals surface area contributed by atoms with Gasteiger partial charge >= 0.3 is 11.9 Å². The van der Waals surface area contributed by atoms with E-state index in [-0.39, 0.29) is 11.4 Å². The van der Waals surface area contributed by atoms with Crippen molar-refractivity contribution < 1.29 is 19.8 Å². The number of nitrogen functional groups attached to an aromatic ring is 1. The summed E-state index contributed by atoms with van der Waals surface area (Å²) < 4.78 is 0. The molecule has 0 saturated carbocycles. The highest BCUT2D eigenvalue weighted by atomic mass is 16.4. The van der Waals surface area contributed by atoms with Gasteiger partial charge < -0.3 is 25.8 Å². The summed E-state index contributed by atoms with van der Waals surface area (Å²) in [7, 11) is 0. The van der Waals surface area contributed by atoms with Crippen molar-refractivity contribution in [3.05, 3.63) is 45.2 Å². The smallest absolute Gasteiger partial charge is 0.342 e. The van der Waals surface area contributed by atoms with Gasteiger partial charge in [0.05, 0.1) is 0 Å². The van der Waals surface area contributed by atoms with Gasteiger partial charge in [0.1, 0.15) is 16.9 Å². The molecule has 3 rings (SSSR count). The highest BCUT2D eigenvalue weighted by molar-refractivity contribution is 6.07. The van der Waals surface area contributed by atoms with Crippen LogP contribution in [0.3, 0.4) is 0 Å². The predicted molar refractivity (Wildman–Crippen MR) is 97.0 cm³/mol. The highest BCUT2D eigenvalue weighted by Crippen LogP contribution is 2.33. The van der Waals surface area contributed by atoms with Crippen LogP contribution in [0.1, 0.15) is 39.1 Å². The number of aryl methyl sites for hydroxylation is 1. The van der Waals surface area contributed by atoms with Crippen molar-refractivity contribution in [2.24, 2.45) is 0 Å². The molecule has 8 nitrogen and oxygen atoms in total. The standard InChI is InChI=1S/C18H19N3O5/c1-9-8-10(4-5-11(9)21-6-2-3-7-21)12-13(17(23)24)15(19)20-16(22)14(12)18(25)26/h4-5,8H,2-3,6-7H2,1H3,(H,23,24)(H,25,26)(H3,19,20,22). The molecular formula is C18H19N3O5. The molecule has 5 N–H and O–H groups in total. The maximum absolute atomic E-state index is 12.1. The summed E-state index contributed by atoms with van der Waals surface area (Å²) in [5, 5.41) is 18.9. The molecule has 1 aliphatic heterocycles. The molecule has 136 valence electrons. The Morgan fingerprint density at radius 3 is 2.27 bits per heavy atom. The maximum atomic E-state index is 12.1. The monoisotopic (exact) mass is 357 g/mol. The van der Waals surface area contributed by atoms with Crippen LogP contribution in [0.4, 0.5) is 11.5 Å². The first-order valence-electron chi connectivity index (χ1n) is 8.19. The SMILES string of the molecule is Cc1cc(-c2c(C(=O)O)c(N)[nH]c(=O)c2C(=O)O)ccc1N1CCCC1. The van der Waals surface area contributed by atoms with Crippen LogP contribution in [0.5, 0.6) is 0 Å². The lowest BCUT2D eigenvalue weighted by Crippen LogP contribution is -2.24. The molecule has 1 fully saturated rings. The summed E-state index contributed by atoms with van der Waals surface area (Å²) >= 11 is 0. The second-order valence-corrected chi connectivity index (χ2v) is 6.30. The molecule has 2 heterocycles. The molecule has 0 atom stereocenters. The molecule has 1 aliphatic rings. The zero-order valence-corrected chi connectivity index (χ0v) is 14.2. The van der Waals surface area contributed by atoms with Gasteiger partial charge in [-0.25, -0.2) is 9.59 Å². The number of H-pyrrole nitrogens is 1. The maximum Gasteiger partial charge on any atom is 0.342 e. The molecule has 26 heavy (non-hydrogen) atoms. The Labute approximate surface area is 148 Å². The number of nitrogens with two attached hydrogens (primary N) is 1. The van der Waals surface area contributed by atoms with Gasteiger partial charge in [-0.05, 0) is 43.0 Å². The Morgan fingerprint density at radius 2 is 1.73 bits per heavy atom. The minimum atomic E-state index is -1.51. The molecule has 8 heteroatoms. The van der Waals surface area contributed by atoms with Crippen molar-refractivity contribution >= 4 is 23.4 Å². The van der Waals surface area contributed by atoms with Gasteiger partial charge in [0.2, 0.25) is 0 Å². The first-order chi connectivity index (χ1) is 12.3. The molecule has 0 bridgehead atoms. The third kappa shape index (κ3) is 2.90. The minimum Gasteiger partial charge on any atom is -0.478 e. The first kappa shape index (κ1) is 17.5. The van der Waals surface area contributed by atoms with E-state index in [0.717, 1.165) is 37.2 Å². The molecular weight excluding hydrogens is 338 g/mol. The quantitative estimate of drug-likeness (QED) is 0.656. The van der Waals surface area contributed by atoms with Gasteiger partial charge in [-0.2, -0.15) is 0 Å². The van der Waals surface area contributed by atoms with Crippen molar-refractivity contribution in [2.45, 2.75) is 19.8 Å². The molecule has 1 saturated heterocycles. The number of aromatic carboxylic acids is 2. The highest BCUT2D eigenvalue weighted by Gasteiger charge is 2.27. The Morgan fingerprint density at radius 1 is 1.12 bits per heavy atom. The average molecular weight is 357 g/mol. The molecule has 2 aromatic rings. The van der Waals surface area contributed by atoms with Gasteiger partial charge in [-0.1, -0.05) is 6.07 Å². The van der Waals surface area contributed by atoms with Crippen molar-refractivity contribution in [2.75, 3.05) is 23.7 Å². The number of hydrogen-bond acceptors (Lipinski definition) is 5. The van der Waals surface area contributed by atoms with Crippen LogP contribution < -0.4 is 16.2 Å². The summed E-state index contributed by atoms with van der Waals surface area (Å²) in [6, 6.07) is 5.15. The lowest BCUT2D eigenvalue weighted by molar-refractivity contribution is 0.0695. The Balaban J connectivity index is 2.25. The van der Waals surface area contributed by atoms with Gasteiger partial charge in [0.15, 0.2) is 0 Å². The van der Waals surface area contributed by atoms with Crippen LogP contribution in [0.2, 0.25) is 0 Å². The number of hydrogen-bond donors (Lipinski definition) is 4. The first-order valence-corrected chi connectivity index (χ1v) is 8.19. The zero-order valence-electron chi connectivity index (χ0n) is 14.2. The van der Waals surface area contributed by atoms with E-state index in [9.17, 15) is 24.6 Å². The fourth-order valence-corrected chi connectivity index (χ4v) is 3.46. The van der Waals surface area contributed by atoms with Gasteiger partial charge in [0.25, 0.3) is 5.56 Å². The van der Waals surface area contributed by atoms with Gasteiger partial charge in [-0.15, -0.1) is 0 Å². The van der Waals surface area contributed by atoms with Crippen molar-refractivity contribution in [3.63, 3.8) is 0 Å². The normalized spacial score (nSPS) is 13.8. The van der Waals surface area contributed by atoms with E-state index < -0.39 is 28.6 Å². The fourth-order valence-electron chi connectivity index (χ4n) is 3.46. The number of carbonyl (C=O) groups is 2. The Kier molecular flexibility index (Phi) is 4.41. The van der Waals surface area contributed by atoms with E-state index in [4.69, 9.17) is 5.73 Å². The number of nitrogens with zero attached hydrogens (tertiary/aromatic N) is 1. The number of aromatic amines is 1. The molecule has 0 aliphatic carbocycles. The summed E-state index contributed by atoms with van der Waals surface area (Å²) in [5.41, 5.74) is 5.71. The number of carboxylic acids is 2. The van der Waals surface area contributed by atoms with Crippen LogP contribution in [0.15, 0.2) is 23.0 Å². The number of rotatable bonds is 4. The second kappa shape index (κ2) is 6.55. The summed E-state index contributed by atoms with van der Waals surface area (Å²) in [6.07, 6.45) is 2.22. The number of aromatic nitrogens is 1. The third-order valence-corrected chi connectivity index (χ3v) is 4.60. The topological polar surface area (TPSA) is 137 Å². The van der Waals surface area contributed by atoms with Crippen molar-refractivity contribution in [1.29, 1.82) is 0 Å². The van der Waals surface area contributed by atoms with E-state index in [1.807, 2.05) is 13.0 Å². The fraction of sp³-hybridized carbons (Fsp3) is 0.278. The average Bonchev–Trinajstić information content (AvgIpc) is 3.07. The van der Waals surface area contributed by atoms with Crippen LogP contribution in [0.25, 0.3) is 11.1 Å². The van der Waals surface area contributed by atoms with Crippen molar-refractivity contribution in [3.8, 4) is 11.1 Å². The molecule has 0 unspecified atom stereocenters. The van der Waals surface area contributed by atoms with Crippen molar-refractivity contribution in [1.82, 2.24) is 4.98 Å². The largest absolute Gasteiger partial charge is 0.478 e. The van der Waals surface area contributed by atoms with E-state index in [1.54, 1.807) is 12.1 Å². The van der Waals surface area contributed by atoms with Crippen LogP contribution in [-0.2, 0) is 0 Å². The second-order valence-electron chi connectivity index (χ2n) is 6.30. The van der Waals surface area contributed by atoms with E-state index in [0.29, 0.717) is 5.56 Å². The molecule has 0 radical (unpaired) electrons. The van der Waals surface area contributed by atoms with E-state index >= 15 is 0 Å². The summed E-state index contributed by atoms with van der Waals surface area (Å²) in [4.78, 5) is 39.7. The number of benzene rings is 1. The van der Waals surface area contributed by atoms with Gasteiger partial charge in [0, 0.05) is 24.3 Å². The Bertz CT molecular complexity index is 958. The van der Waals surface area contributed by atoms with Crippen LogP contribution >= 0.6 is 0 Å². The lowest BCUT2D eigenvalue weighted by atomic mass is 9.94. The van der Waals surface area contributed by atoms with E-state index in [2.05, 4.69) is 9.88 Å². The molecule has 1 aromatic carbocycles. The molecule has 1 aromatic heterocycles. The number of nitrogens with one attached hydrogen (secondary N) is 1. The number of pyridine rings is 1. The number of anilines is 2. The summed E-state index contributed by atoms with van der Waals surface area (Å²) in [6.45, 7) is 3.76. The molecule has 0 amide bonds. The third-order valence-electron chi connectivity index (χ3n) is 4.60. The Hall–Kier alpha value is -3.29. The molecule has 0 spiro atoms. The minimum absolute atomic E-state index is 0.178. The predicted octanol–water partition coefficient (Wildman–Crippen LogP) is 1.93. The van der Waals surface area contributed by atoms with Crippen LogP contribution in [-0.4, -0.2) is 40.2 Å².